The molecule has 2 aromatic carbocycles. The van der Waals surface area contributed by atoms with Gasteiger partial charge in [-0.3, -0.25) is 0 Å². The topological polar surface area (TPSA) is 64.1 Å². The second kappa shape index (κ2) is 11.2. The van der Waals surface area contributed by atoms with Gasteiger partial charge in [-0.15, -0.1) is 0 Å². The molecule has 0 unspecified atom stereocenters. The van der Waals surface area contributed by atoms with Gasteiger partial charge in [0.25, 0.3) is 0 Å². The maximum atomic E-state index is 6.08. The third-order valence-electron chi connectivity index (χ3n) is 3.70. The van der Waals surface area contributed by atoms with E-state index in [0.717, 1.165) is 18.1 Å². The van der Waals surface area contributed by atoms with Gasteiger partial charge in [-0.25, -0.2) is 4.99 Å². The molecule has 146 valence electrons. The molecule has 0 bridgehead atoms. The van der Waals surface area contributed by atoms with Crippen LogP contribution in [-0.4, -0.2) is 39.9 Å². The minimum absolute atomic E-state index is 0.477. The van der Waals surface area contributed by atoms with Crippen LogP contribution in [0, 0.1) is 0 Å². The predicted octanol–water partition coefficient (Wildman–Crippen LogP) is 3.49. The van der Waals surface area contributed by atoms with Gasteiger partial charge in [0.05, 0.1) is 32.3 Å². The van der Waals surface area contributed by atoms with E-state index in [4.69, 9.17) is 25.8 Å². The van der Waals surface area contributed by atoms with Crippen molar-refractivity contribution in [2.24, 2.45) is 4.99 Å². The minimum Gasteiger partial charge on any atom is -0.493 e. The molecular weight excluding hydrogens is 366 g/mol. The SMILES string of the molecule is CCNC(=NCc1ccc(OC)c(OC)c1)NCCOc1ccccc1Cl. The van der Waals surface area contributed by atoms with Crippen molar-refractivity contribution in [3.8, 4) is 17.2 Å². The van der Waals surface area contributed by atoms with E-state index in [1.165, 1.54) is 0 Å². The molecule has 2 aromatic rings. The Morgan fingerprint density at radius 1 is 1.00 bits per heavy atom. The molecule has 0 aliphatic rings. The van der Waals surface area contributed by atoms with Crippen LogP contribution in [0.25, 0.3) is 0 Å². The summed E-state index contributed by atoms with van der Waals surface area (Å²) in [5.41, 5.74) is 1.03. The molecule has 0 fully saturated rings. The number of benzene rings is 2. The van der Waals surface area contributed by atoms with E-state index in [1.54, 1.807) is 20.3 Å². The van der Waals surface area contributed by atoms with Crippen molar-refractivity contribution < 1.29 is 14.2 Å². The number of hydrogen-bond donors (Lipinski definition) is 2. The Labute approximate surface area is 165 Å². The van der Waals surface area contributed by atoms with Gasteiger partial charge in [-0.05, 0) is 36.8 Å². The summed E-state index contributed by atoms with van der Waals surface area (Å²) in [6.07, 6.45) is 0. The Morgan fingerprint density at radius 2 is 1.78 bits per heavy atom. The first-order chi connectivity index (χ1) is 13.2. The maximum absolute atomic E-state index is 6.08. The highest BCUT2D eigenvalue weighted by molar-refractivity contribution is 6.32. The van der Waals surface area contributed by atoms with E-state index >= 15 is 0 Å². The quantitative estimate of drug-likeness (QED) is 0.389. The normalized spacial score (nSPS) is 11.0. The van der Waals surface area contributed by atoms with Crippen LogP contribution in [0.1, 0.15) is 12.5 Å². The zero-order chi connectivity index (χ0) is 19.5. The van der Waals surface area contributed by atoms with Gasteiger partial charge < -0.3 is 24.8 Å². The summed E-state index contributed by atoms with van der Waals surface area (Å²) >= 11 is 6.08. The molecule has 7 heteroatoms. The van der Waals surface area contributed by atoms with Gasteiger partial charge in [-0.2, -0.15) is 0 Å². The molecule has 0 saturated carbocycles. The summed E-state index contributed by atoms with van der Waals surface area (Å²) in [6, 6.07) is 13.2. The number of ether oxygens (including phenoxy) is 3. The van der Waals surface area contributed by atoms with E-state index in [0.29, 0.717) is 42.0 Å². The third-order valence-corrected chi connectivity index (χ3v) is 4.01. The van der Waals surface area contributed by atoms with Crippen LogP contribution in [0.5, 0.6) is 17.2 Å². The van der Waals surface area contributed by atoms with Crippen LogP contribution < -0.4 is 24.8 Å². The molecule has 0 radical (unpaired) electrons. The van der Waals surface area contributed by atoms with Crippen LogP contribution >= 0.6 is 11.6 Å². The minimum atomic E-state index is 0.477. The second-order valence-electron chi connectivity index (χ2n) is 5.59. The fourth-order valence-electron chi connectivity index (χ4n) is 2.38. The molecule has 0 amide bonds. The van der Waals surface area contributed by atoms with Crippen molar-refractivity contribution >= 4 is 17.6 Å². The number of halogens is 1. The lowest BCUT2D eigenvalue weighted by Crippen LogP contribution is -2.39. The molecule has 0 aliphatic heterocycles. The van der Waals surface area contributed by atoms with Crippen molar-refractivity contribution in [1.29, 1.82) is 0 Å². The summed E-state index contributed by atoms with van der Waals surface area (Å²) in [5.74, 6) is 2.78. The average Bonchev–Trinajstić information content (AvgIpc) is 2.70. The van der Waals surface area contributed by atoms with Crippen LogP contribution in [0.4, 0.5) is 0 Å². The summed E-state index contributed by atoms with van der Waals surface area (Å²) in [7, 11) is 3.24. The number of hydrogen-bond acceptors (Lipinski definition) is 4. The Hall–Kier alpha value is -2.60. The van der Waals surface area contributed by atoms with Crippen molar-refractivity contribution in [3.63, 3.8) is 0 Å². The van der Waals surface area contributed by atoms with Gasteiger partial charge in [0.15, 0.2) is 17.5 Å². The summed E-state index contributed by atoms with van der Waals surface area (Å²) < 4.78 is 16.3. The molecule has 2 N–H and O–H groups in total. The van der Waals surface area contributed by atoms with E-state index in [9.17, 15) is 0 Å². The van der Waals surface area contributed by atoms with E-state index < -0.39 is 0 Å². The number of para-hydroxylation sites is 1. The summed E-state index contributed by atoms with van der Waals surface area (Å²) in [4.78, 5) is 4.59. The Morgan fingerprint density at radius 3 is 2.48 bits per heavy atom. The van der Waals surface area contributed by atoms with E-state index in [1.807, 2.05) is 43.3 Å². The van der Waals surface area contributed by atoms with Crippen LogP contribution in [0.2, 0.25) is 5.02 Å². The van der Waals surface area contributed by atoms with Crippen molar-refractivity contribution in [1.82, 2.24) is 10.6 Å². The smallest absolute Gasteiger partial charge is 0.191 e. The van der Waals surface area contributed by atoms with Gasteiger partial charge >= 0.3 is 0 Å². The highest BCUT2D eigenvalue weighted by Gasteiger charge is 2.05. The Balaban J connectivity index is 1.89. The summed E-state index contributed by atoms with van der Waals surface area (Å²) in [6.45, 7) is 4.38. The molecule has 0 atom stereocenters. The van der Waals surface area contributed by atoms with E-state index in [-0.39, 0.29) is 0 Å². The van der Waals surface area contributed by atoms with Gasteiger partial charge in [0, 0.05) is 6.54 Å². The summed E-state index contributed by atoms with van der Waals surface area (Å²) in [5, 5.41) is 7.07. The standard InChI is InChI=1S/C20H26ClN3O3/c1-4-22-20(23-11-12-27-17-8-6-5-7-16(17)21)24-14-15-9-10-18(25-2)19(13-15)26-3/h5-10,13H,4,11-12,14H2,1-3H3,(H2,22,23,24). The van der Waals surface area contributed by atoms with Crippen LogP contribution in [0.15, 0.2) is 47.5 Å². The number of guanidine groups is 1. The highest BCUT2D eigenvalue weighted by atomic mass is 35.5. The molecule has 27 heavy (non-hydrogen) atoms. The fraction of sp³-hybridized carbons (Fsp3) is 0.350. The average molecular weight is 392 g/mol. The fourth-order valence-corrected chi connectivity index (χ4v) is 2.57. The lowest BCUT2D eigenvalue weighted by Gasteiger charge is -2.13. The first-order valence-electron chi connectivity index (χ1n) is 8.78. The van der Waals surface area contributed by atoms with Gasteiger partial charge in [0.1, 0.15) is 12.4 Å². The molecule has 0 spiro atoms. The monoisotopic (exact) mass is 391 g/mol. The lowest BCUT2D eigenvalue weighted by atomic mass is 10.2. The van der Waals surface area contributed by atoms with Crippen molar-refractivity contribution in [2.75, 3.05) is 33.9 Å². The number of rotatable bonds is 9. The predicted molar refractivity (Wildman–Crippen MR) is 109 cm³/mol. The Kier molecular flexibility index (Phi) is 8.58. The molecular formula is C20H26ClN3O3. The largest absolute Gasteiger partial charge is 0.493 e. The maximum Gasteiger partial charge on any atom is 0.191 e. The zero-order valence-corrected chi connectivity index (χ0v) is 16.7. The number of aliphatic imine (C=N–C) groups is 1. The van der Waals surface area contributed by atoms with Crippen molar-refractivity contribution in [3.05, 3.63) is 53.1 Å². The van der Waals surface area contributed by atoms with Crippen molar-refractivity contribution in [2.45, 2.75) is 13.5 Å². The molecule has 2 rings (SSSR count). The molecule has 0 heterocycles. The lowest BCUT2D eigenvalue weighted by molar-refractivity contribution is 0.322. The van der Waals surface area contributed by atoms with Gasteiger partial charge in [-0.1, -0.05) is 29.8 Å². The molecule has 6 nitrogen and oxygen atoms in total. The molecule has 0 aromatic heterocycles. The molecule has 0 aliphatic carbocycles. The Bertz CT molecular complexity index is 753. The first kappa shape index (κ1) is 20.7. The van der Waals surface area contributed by atoms with Crippen LogP contribution in [-0.2, 0) is 6.54 Å². The molecule has 0 saturated heterocycles. The van der Waals surface area contributed by atoms with E-state index in [2.05, 4.69) is 15.6 Å². The number of nitrogens with zero attached hydrogens (tertiary/aromatic N) is 1. The zero-order valence-electron chi connectivity index (χ0n) is 15.9. The third kappa shape index (κ3) is 6.57. The van der Waals surface area contributed by atoms with Gasteiger partial charge in [0.2, 0.25) is 0 Å². The highest BCUT2D eigenvalue weighted by Crippen LogP contribution is 2.27. The number of methoxy groups -OCH3 is 2. The second-order valence-corrected chi connectivity index (χ2v) is 6.00. The number of nitrogens with one attached hydrogen (secondary N) is 2. The van der Waals surface area contributed by atoms with Crippen LogP contribution in [0.3, 0.4) is 0 Å². The first-order valence-corrected chi connectivity index (χ1v) is 9.16.